The van der Waals surface area contributed by atoms with E-state index in [1.54, 1.807) is 0 Å². The third kappa shape index (κ3) is 5.55. The maximum atomic E-state index is 11.6. The molecule has 0 atom stereocenters. The molecular formula is C19H29N3O2. The van der Waals surface area contributed by atoms with Gasteiger partial charge in [0, 0.05) is 26.2 Å². The number of rotatable bonds is 6. The standard InChI is InChI=1S/C19H29N3O2/c1-3-20-19(21-13-7-10-16-8-5-4-6-9-16)22-14-11-17(12-15-22)18(23)24-2/h4-6,8-9,17H,3,7,10-15H2,1-2H3,(H,20,21). The lowest BCUT2D eigenvalue weighted by Gasteiger charge is -2.33. The van der Waals surface area contributed by atoms with Gasteiger partial charge in [-0.3, -0.25) is 9.79 Å². The van der Waals surface area contributed by atoms with Crippen LogP contribution in [-0.4, -0.2) is 50.1 Å². The van der Waals surface area contributed by atoms with Crippen LogP contribution < -0.4 is 5.32 Å². The van der Waals surface area contributed by atoms with E-state index in [4.69, 9.17) is 9.73 Å². The SMILES string of the molecule is CCNC(=NCCCc1ccccc1)N1CCC(C(=O)OC)CC1. The van der Waals surface area contributed by atoms with E-state index in [-0.39, 0.29) is 11.9 Å². The zero-order valence-electron chi connectivity index (χ0n) is 14.8. The zero-order valence-corrected chi connectivity index (χ0v) is 14.8. The van der Waals surface area contributed by atoms with Crippen molar-refractivity contribution in [2.24, 2.45) is 10.9 Å². The fourth-order valence-corrected chi connectivity index (χ4v) is 3.03. The summed E-state index contributed by atoms with van der Waals surface area (Å²) in [4.78, 5) is 18.6. The number of piperidine rings is 1. The van der Waals surface area contributed by atoms with Crippen LogP contribution in [0.15, 0.2) is 35.3 Å². The Kier molecular flexibility index (Phi) is 7.59. The minimum Gasteiger partial charge on any atom is -0.469 e. The normalized spacial score (nSPS) is 16.1. The molecule has 0 bridgehead atoms. The number of ether oxygens (including phenoxy) is 1. The molecule has 1 aliphatic heterocycles. The highest BCUT2D eigenvalue weighted by Gasteiger charge is 2.26. The van der Waals surface area contributed by atoms with Crippen LogP contribution in [0.2, 0.25) is 0 Å². The van der Waals surface area contributed by atoms with Gasteiger partial charge in [-0.25, -0.2) is 0 Å². The van der Waals surface area contributed by atoms with Crippen LogP contribution in [0, 0.1) is 5.92 Å². The van der Waals surface area contributed by atoms with Crippen LogP contribution in [0.3, 0.4) is 0 Å². The maximum Gasteiger partial charge on any atom is 0.308 e. The molecule has 1 N–H and O–H groups in total. The predicted molar refractivity (Wildman–Crippen MR) is 97.1 cm³/mol. The van der Waals surface area contributed by atoms with Crippen molar-refractivity contribution in [1.82, 2.24) is 10.2 Å². The van der Waals surface area contributed by atoms with Gasteiger partial charge in [0.05, 0.1) is 13.0 Å². The monoisotopic (exact) mass is 331 g/mol. The van der Waals surface area contributed by atoms with Crippen molar-refractivity contribution in [1.29, 1.82) is 0 Å². The molecule has 1 aliphatic rings. The van der Waals surface area contributed by atoms with E-state index < -0.39 is 0 Å². The van der Waals surface area contributed by atoms with E-state index in [9.17, 15) is 4.79 Å². The Bertz CT molecular complexity index is 523. The van der Waals surface area contributed by atoms with E-state index in [2.05, 4.69) is 41.4 Å². The van der Waals surface area contributed by atoms with E-state index in [0.717, 1.165) is 57.8 Å². The summed E-state index contributed by atoms with van der Waals surface area (Å²) < 4.78 is 4.85. The number of guanidine groups is 1. The van der Waals surface area contributed by atoms with Crippen molar-refractivity contribution in [3.05, 3.63) is 35.9 Å². The first-order chi connectivity index (χ1) is 11.7. The molecule has 0 unspecified atom stereocenters. The molecule has 0 spiro atoms. The molecule has 1 aromatic rings. The highest BCUT2D eigenvalue weighted by Crippen LogP contribution is 2.18. The Labute approximate surface area is 145 Å². The van der Waals surface area contributed by atoms with Crippen LogP contribution in [0.25, 0.3) is 0 Å². The lowest BCUT2D eigenvalue weighted by molar-refractivity contribution is -0.146. The lowest BCUT2D eigenvalue weighted by atomic mass is 9.97. The predicted octanol–water partition coefficient (Wildman–Crippen LogP) is 2.47. The zero-order chi connectivity index (χ0) is 17.2. The summed E-state index contributed by atoms with van der Waals surface area (Å²) in [7, 11) is 1.47. The molecule has 5 heteroatoms. The minimum absolute atomic E-state index is 0.0345. The number of aryl methyl sites for hydroxylation is 1. The van der Waals surface area contributed by atoms with Crippen LogP contribution in [0.4, 0.5) is 0 Å². The van der Waals surface area contributed by atoms with E-state index in [0.29, 0.717) is 0 Å². The molecule has 0 saturated carbocycles. The van der Waals surface area contributed by atoms with Crippen molar-refractivity contribution in [2.45, 2.75) is 32.6 Å². The quantitative estimate of drug-likeness (QED) is 0.377. The van der Waals surface area contributed by atoms with Gasteiger partial charge in [0.15, 0.2) is 5.96 Å². The Hall–Kier alpha value is -2.04. The molecule has 0 aromatic heterocycles. The van der Waals surface area contributed by atoms with Crippen molar-refractivity contribution in [3.8, 4) is 0 Å². The molecule has 0 amide bonds. The molecule has 0 aliphatic carbocycles. The van der Waals surface area contributed by atoms with Gasteiger partial charge in [-0.2, -0.15) is 0 Å². The first kappa shape index (κ1) is 18.3. The summed E-state index contributed by atoms with van der Waals surface area (Å²) in [5, 5.41) is 3.37. The van der Waals surface area contributed by atoms with Gasteiger partial charge < -0.3 is 15.0 Å². The fraction of sp³-hybridized carbons (Fsp3) is 0.579. The average Bonchev–Trinajstić information content (AvgIpc) is 2.64. The van der Waals surface area contributed by atoms with E-state index >= 15 is 0 Å². The summed E-state index contributed by atoms with van der Waals surface area (Å²) >= 11 is 0. The van der Waals surface area contributed by atoms with Crippen LogP contribution in [0.1, 0.15) is 31.7 Å². The van der Waals surface area contributed by atoms with Crippen LogP contribution in [0.5, 0.6) is 0 Å². The first-order valence-corrected chi connectivity index (χ1v) is 8.89. The highest BCUT2D eigenvalue weighted by molar-refractivity contribution is 5.80. The number of nitrogens with zero attached hydrogens (tertiary/aromatic N) is 2. The summed E-state index contributed by atoms with van der Waals surface area (Å²) in [6.45, 7) is 5.46. The van der Waals surface area contributed by atoms with Crippen molar-refractivity contribution < 1.29 is 9.53 Å². The molecule has 1 heterocycles. The van der Waals surface area contributed by atoms with Crippen LogP contribution in [-0.2, 0) is 16.0 Å². The maximum absolute atomic E-state index is 11.6. The second kappa shape index (κ2) is 9.96. The number of benzene rings is 1. The highest BCUT2D eigenvalue weighted by atomic mass is 16.5. The van der Waals surface area contributed by atoms with Crippen molar-refractivity contribution in [3.63, 3.8) is 0 Å². The van der Waals surface area contributed by atoms with Gasteiger partial charge in [-0.1, -0.05) is 30.3 Å². The van der Waals surface area contributed by atoms with E-state index in [1.807, 2.05) is 6.07 Å². The number of nitrogens with one attached hydrogen (secondary N) is 1. The second-order valence-corrected chi connectivity index (χ2v) is 6.11. The Balaban J connectivity index is 1.81. The number of methoxy groups -OCH3 is 1. The molecule has 2 rings (SSSR count). The number of carbonyl (C=O) groups is 1. The van der Waals surface area contributed by atoms with Gasteiger partial charge in [0.1, 0.15) is 0 Å². The number of hydrogen-bond acceptors (Lipinski definition) is 3. The Morgan fingerprint density at radius 3 is 2.62 bits per heavy atom. The van der Waals surface area contributed by atoms with Gasteiger partial charge in [-0.05, 0) is 38.2 Å². The van der Waals surface area contributed by atoms with Gasteiger partial charge in [0.25, 0.3) is 0 Å². The number of likely N-dealkylation sites (tertiary alicyclic amines) is 1. The smallest absolute Gasteiger partial charge is 0.308 e. The van der Waals surface area contributed by atoms with Gasteiger partial charge in [-0.15, -0.1) is 0 Å². The van der Waals surface area contributed by atoms with Crippen molar-refractivity contribution >= 4 is 11.9 Å². The molecule has 24 heavy (non-hydrogen) atoms. The summed E-state index contributed by atoms with van der Waals surface area (Å²) in [5.74, 6) is 0.917. The molecule has 5 nitrogen and oxygen atoms in total. The molecule has 0 radical (unpaired) electrons. The average molecular weight is 331 g/mol. The Morgan fingerprint density at radius 1 is 1.29 bits per heavy atom. The third-order valence-corrected chi connectivity index (χ3v) is 4.39. The van der Waals surface area contributed by atoms with Gasteiger partial charge in [0.2, 0.25) is 0 Å². The largest absolute Gasteiger partial charge is 0.469 e. The third-order valence-electron chi connectivity index (χ3n) is 4.39. The number of esters is 1. The number of aliphatic imine (C=N–C) groups is 1. The van der Waals surface area contributed by atoms with Gasteiger partial charge >= 0.3 is 5.97 Å². The Morgan fingerprint density at radius 2 is 2.00 bits per heavy atom. The minimum atomic E-state index is -0.0838. The molecular weight excluding hydrogens is 302 g/mol. The summed E-state index contributed by atoms with van der Waals surface area (Å²) in [6.07, 6.45) is 3.76. The first-order valence-electron chi connectivity index (χ1n) is 8.89. The van der Waals surface area contributed by atoms with Crippen molar-refractivity contribution in [2.75, 3.05) is 33.3 Å². The molecule has 1 aromatic carbocycles. The molecule has 1 saturated heterocycles. The lowest BCUT2D eigenvalue weighted by Crippen LogP contribution is -2.46. The summed E-state index contributed by atoms with van der Waals surface area (Å²) in [6, 6.07) is 10.5. The number of hydrogen-bond donors (Lipinski definition) is 1. The molecule has 1 fully saturated rings. The van der Waals surface area contributed by atoms with Crippen LogP contribution >= 0.6 is 0 Å². The topological polar surface area (TPSA) is 53.9 Å². The second-order valence-electron chi connectivity index (χ2n) is 6.11. The molecule has 132 valence electrons. The van der Waals surface area contributed by atoms with E-state index in [1.165, 1.54) is 12.7 Å². The fourth-order valence-electron chi connectivity index (χ4n) is 3.03. The number of carbonyl (C=O) groups excluding carboxylic acids is 1. The summed E-state index contributed by atoms with van der Waals surface area (Å²) in [5.41, 5.74) is 1.36.